The van der Waals surface area contributed by atoms with Gasteiger partial charge >= 0.3 is 19.8 Å². The minimum absolute atomic E-state index is 0.0333. The summed E-state index contributed by atoms with van der Waals surface area (Å²) < 4.78 is 34.3. The SMILES string of the molecule is CCCCCCC/C=C\C/C=C\C/C=C\CCCCCCCCCCCCCCCCCCC(=O)OC(COC(=O)CCCCCCCCC)COP(=O)(O)OCC[N+](C)(C)C. The lowest BCUT2D eigenvalue weighted by atomic mass is 10.0. The molecule has 0 aromatic heterocycles. The fourth-order valence-electron chi connectivity index (χ4n) is 7.14. The largest absolute Gasteiger partial charge is 0.472 e. The van der Waals surface area contributed by atoms with Gasteiger partial charge in [0.2, 0.25) is 0 Å². The van der Waals surface area contributed by atoms with Crippen LogP contribution in [-0.2, 0) is 32.7 Å². The van der Waals surface area contributed by atoms with Crippen LogP contribution in [-0.4, -0.2) is 74.9 Å². The van der Waals surface area contributed by atoms with Crippen LogP contribution in [0.4, 0.5) is 0 Å². The molecular formula is C52H99NO8P+. The van der Waals surface area contributed by atoms with E-state index in [0.29, 0.717) is 17.4 Å². The molecule has 2 atom stereocenters. The number of phosphoric acid groups is 1. The molecular weight excluding hydrogens is 798 g/mol. The summed E-state index contributed by atoms with van der Waals surface area (Å²) in [6, 6.07) is 0. The van der Waals surface area contributed by atoms with E-state index >= 15 is 0 Å². The number of carbonyl (C=O) groups excluding carboxylic acids is 2. The van der Waals surface area contributed by atoms with E-state index in [-0.39, 0.29) is 32.0 Å². The quantitative estimate of drug-likeness (QED) is 0.0212. The zero-order valence-electron chi connectivity index (χ0n) is 41.1. The molecule has 0 aromatic carbocycles. The predicted molar refractivity (Wildman–Crippen MR) is 261 cm³/mol. The minimum atomic E-state index is -4.37. The normalized spacial score (nSPS) is 13.7. The number of likely N-dealkylation sites (N-methyl/N-ethyl adjacent to an activating group) is 1. The molecule has 0 amide bonds. The predicted octanol–water partition coefficient (Wildman–Crippen LogP) is 15.3. The fraction of sp³-hybridized carbons (Fsp3) is 0.846. The van der Waals surface area contributed by atoms with Gasteiger partial charge in [-0.05, 0) is 51.4 Å². The van der Waals surface area contributed by atoms with Crippen molar-refractivity contribution in [2.45, 2.75) is 238 Å². The maximum atomic E-state index is 12.7. The monoisotopic (exact) mass is 897 g/mol. The molecule has 0 bridgehead atoms. The molecule has 0 heterocycles. The van der Waals surface area contributed by atoms with E-state index in [9.17, 15) is 19.0 Å². The highest BCUT2D eigenvalue weighted by molar-refractivity contribution is 7.47. The standard InChI is InChI=1S/C52H98NO8P/c1-6-8-10-12-14-15-16-17-18-19-20-21-22-23-24-25-26-27-28-29-30-31-32-33-34-35-36-37-39-41-43-45-52(55)61-50(49-60-62(56,57)59-47-46-53(3,4)5)48-58-51(54)44-42-40-38-13-11-9-7-2/h16-17,19-20,22-23,50H,6-15,18,21,24-49H2,1-5H3/p+1/b17-16-,20-19-,23-22-. The van der Waals surface area contributed by atoms with Crippen LogP contribution in [0.2, 0.25) is 0 Å². The van der Waals surface area contributed by atoms with Crippen LogP contribution in [0.1, 0.15) is 232 Å². The van der Waals surface area contributed by atoms with Gasteiger partial charge < -0.3 is 18.9 Å². The van der Waals surface area contributed by atoms with E-state index in [1.807, 2.05) is 21.1 Å². The average Bonchev–Trinajstić information content (AvgIpc) is 3.23. The molecule has 0 radical (unpaired) electrons. The van der Waals surface area contributed by atoms with Gasteiger partial charge in [-0.25, -0.2) is 4.57 Å². The molecule has 0 rings (SSSR count). The first-order chi connectivity index (χ1) is 30.0. The van der Waals surface area contributed by atoms with Crippen LogP contribution >= 0.6 is 7.82 Å². The Kier molecular flexibility index (Phi) is 43.2. The minimum Gasteiger partial charge on any atom is -0.462 e. The van der Waals surface area contributed by atoms with Crippen molar-refractivity contribution >= 4 is 19.8 Å². The van der Waals surface area contributed by atoms with Gasteiger partial charge in [-0.3, -0.25) is 18.6 Å². The molecule has 0 aromatic rings. The summed E-state index contributed by atoms with van der Waals surface area (Å²) in [4.78, 5) is 35.3. The van der Waals surface area contributed by atoms with Gasteiger partial charge in [0.05, 0.1) is 27.7 Å². The molecule has 0 fully saturated rings. The molecule has 0 aliphatic rings. The number of phosphoric ester groups is 1. The summed E-state index contributed by atoms with van der Waals surface area (Å²) in [5.41, 5.74) is 0. The van der Waals surface area contributed by atoms with Crippen LogP contribution in [0.25, 0.3) is 0 Å². The average molecular weight is 897 g/mol. The number of nitrogens with zero attached hydrogens (tertiary/aromatic N) is 1. The van der Waals surface area contributed by atoms with E-state index in [1.165, 1.54) is 154 Å². The molecule has 10 heteroatoms. The number of hydrogen-bond donors (Lipinski definition) is 1. The Bertz CT molecular complexity index is 1150. The molecule has 0 spiro atoms. The summed E-state index contributed by atoms with van der Waals surface area (Å²) in [7, 11) is 1.48. The molecule has 0 saturated carbocycles. The van der Waals surface area contributed by atoms with E-state index in [0.717, 1.165) is 44.9 Å². The zero-order chi connectivity index (χ0) is 45.7. The fourth-order valence-corrected chi connectivity index (χ4v) is 7.88. The number of carbonyl (C=O) groups is 2. The van der Waals surface area contributed by atoms with E-state index in [4.69, 9.17) is 18.5 Å². The van der Waals surface area contributed by atoms with Crippen LogP contribution in [0.15, 0.2) is 36.5 Å². The molecule has 2 unspecified atom stereocenters. The molecule has 1 N–H and O–H groups in total. The Morgan fingerprint density at radius 1 is 0.500 bits per heavy atom. The van der Waals surface area contributed by atoms with Gasteiger partial charge in [-0.1, -0.05) is 204 Å². The number of hydrogen-bond acceptors (Lipinski definition) is 7. The van der Waals surface area contributed by atoms with Crippen molar-refractivity contribution < 1.29 is 42.1 Å². The van der Waals surface area contributed by atoms with Crippen molar-refractivity contribution in [2.24, 2.45) is 0 Å². The second-order valence-corrected chi connectivity index (χ2v) is 20.0. The second-order valence-electron chi connectivity index (χ2n) is 18.6. The summed E-state index contributed by atoms with van der Waals surface area (Å²) in [6.45, 7) is 4.38. The van der Waals surface area contributed by atoms with Crippen molar-refractivity contribution in [1.82, 2.24) is 0 Å². The number of allylic oxidation sites excluding steroid dienone is 6. The van der Waals surface area contributed by atoms with Gasteiger partial charge in [-0.15, -0.1) is 0 Å². The maximum Gasteiger partial charge on any atom is 0.472 e. The Balaban J connectivity index is 3.96. The molecule has 0 saturated heterocycles. The number of ether oxygens (including phenoxy) is 2. The second kappa shape index (κ2) is 44.4. The van der Waals surface area contributed by atoms with Crippen molar-refractivity contribution in [3.63, 3.8) is 0 Å². The lowest BCUT2D eigenvalue weighted by Crippen LogP contribution is -2.37. The zero-order valence-corrected chi connectivity index (χ0v) is 42.0. The maximum absolute atomic E-state index is 12.7. The topological polar surface area (TPSA) is 108 Å². The summed E-state index contributed by atoms with van der Waals surface area (Å²) in [6.07, 6.45) is 52.4. The van der Waals surface area contributed by atoms with Crippen LogP contribution in [0.5, 0.6) is 0 Å². The third-order valence-electron chi connectivity index (χ3n) is 11.2. The van der Waals surface area contributed by atoms with Crippen LogP contribution < -0.4 is 0 Å². The Labute approximate surface area is 382 Å². The van der Waals surface area contributed by atoms with Crippen molar-refractivity contribution in [3.05, 3.63) is 36.5 Å². The third kappa shape index (κ3) is 47.7. The van der Waals surface area contributed by atoms with E-state index in [2.05, 4.69) is 50.3 Å². The highest BCUT2D eigenvalue weighted by Crippen LogP contribution is 2.43. The third-order valence-corrected chi connectivity index (χ3v) is 12.2. The van der Waals surface area contributed by atoms with Gasteiger partial charge in [0.15, 0.2) is 6.10 Å². The van der Waals surface area contributed by atoms with Crippen molar-refractivity contribution in [3.8, 4) is 0 Å². The van der Waals surface area contributed by atoms with Crippen molar-refractivity contribution in [1.29, 1.82) is 0 Å². The highest BCUT2D eigenvalue weighted by Gasteiger charge is 2.27. The molecule has 0 aliphatic carbocycles. The first-order valence-electron chi connectivity index (χ1n) is 25.7. The van der Waals surface area contributed by atoms with Gasteiger partial charge in [0.25, 0.3) is 0 Å². The summed E-state index contributed by atoms with van der Waals surface area (Å²) in [5, 5.41) is 0. The van der Waals surface area contributed by atoms with Gasteiger partial charge in [0, 0.05) is 12.8 Å². The molecule has 62 heavy (non-hydrogen) atoms. The first kappa shape index (κ1) is 60.2. The van der Waals surface area contributed by atoms with Crippen LogP contribution in [0, 0.1) is 0 Å². The summed E-state index contributed by atoms with van der Waals surface area (Å²) >= 11 is 0. The Hall–Kier alpha value is -1.77. The van der Waals surface area contributed by atoms with Crippen LogP contribution in [0.3, 0.4) is 0 Å². The number of rotatable bonds is 47. The summed E-state index contributed by atoms with van der Waals surface area (Å²) in [5.74, 6) is -0.798. The van der Waals surface area contributed by atoms with Crippen molar-refractivity contribution in [2.75, 3.05) is 47.5 Å². The Morgan fingerprint density at radius 2 is 0.871 bits per heavy atom. The first-order valence-corrected chi connectivity index (χ1v) is 27.2. The Morgan fingerprint density at radius 3 is 1.29 bits per heavy atom. The lowest BCUT2D eigenvalue weighted by molar-refractivity contribution is -0.870. The lowest BCUT2D eigenvalue weighted by Gasteiger charge is -2.24. The molecule has 0 aliphatic heterocycles. The molecule has 9 nitrogen and oxygen atoms in total. The number of esters is 2. The smallest absolute Gasteiger partial charge is 0.462 e. The van der Waals surface area contributed by atoms with Gasteiger partial charge in [0.1, 0.15) is 19.8 Å². The van der Waals surface area contributed by atoms with Gasteiger partial charge in [-0.2, -0.15) is 0 Å². The highest BCUT2D eigenvalue weighted by atomic mass is 31.2. The van der Waals surface area contributed by atoms with E-state index < -0.39 is 26.5 Å². The number of quaternary nitrogens is 1. The molecule has 364 valence electrons. The number of unbranched alkanes of at least 4 members (excludes halogenated alkanes) is 27. The van der Waals surface area contributed by atoms with E-state index in [1.54, 1.807) is 0 Å².